The van der Waals surface area contributed by atoms with Crippen LogP contribution in [0.15, 0.2) is 93.2 Å². The fourth-order valence-corrected chi connectivity index (χ4v) is 9.48. The first-order valence-electron chi connectivity index (χ1n) is 7.62. The van der Waals surface area contributed by atoms with Gasteiger partial charge in [0, 0.05) is 0 Å². The van der Waals surface area contributed by atoms with Gasteiger partial charge in [-0.25, -0.2) is 0 Å². The molecule has 0 fully saturated rings. The van der Waals surface area contributed by atoms with Gasteiger partial charge in [-0.15, -0.1) is 0 Å². The van der Waals surface area contributed by atoms with E-state index in [4.69, 9.17) is 0 Å². The molecular formula is C19H17NO3SSe. The predicted molar refractivity (Wildman–Crippen MR) is 99.4 cm³/mol. The molecule has 0 bridgehead atoms. The van der Waals surface area contributed by atoms with Gasteiger partial charge in [0.05, 0.1) is 0 Å². The maximum absolute atomic E-state index is 13.8. The first kappa shape index (κ1) is 17.5. The summed E-state index contributed by atoms with van der Waals surface area (Å²) in [5.41, 5.74) is 0.942. The molecule has 0 N–H and O–H groups in total. The fraction of sp³-hybridized carbons (Fsp3) is 0.0526. The topological polar surface area (TPSA) is 63.6 Å². The van der Waals surface area contributed by atoms with Crippen LogP contribution in [0, 0.1) is 6.92 Å². The molecule has 25 heavy (non-hydrogen) atoms. The Balaban J connectivity index is 2.27. The third kappa shape index (κ3) is 3.71. The number of sulfonamides is 1. The molecule has 0 heterocycles. The van der Waals surface area contributed by atoms with Crippen LogP contribution in [-0.4, -0.2) is 21.0 Å². The van der Waals surface area contributed by atoms with Crippen LogP contribution in [0.4, 0.5) is 0 Å². The number of benzene rings is 3. The molecule has 0 spiro atoms. The molecule has 0 aromatic heterocycles. The van der Waals surface area contributed by atoms with Crippen molar-refractivity contribution < 1.29 is 12.3 Å². The average Bonchev–Trinajstić information content (AvgIpc) is 2.63. The zero-order valence-electron chi connectivity index (χ0n) is 13.6. The van der Waals surface area contributed by atoms with Gasteiger partial charge < -0.3 is 0 Å². The number of rotatable bonds is 4. The van der Waals surface area contributed by atoms with Gasteiger partial charge in [-0.1, -0.05) is 0 Å². The van der Waals surface area contributed by atoms with Crippen molar-refractivity contribution in [2.24, 2.45) is 3.37 Å². The molecule has 0 unspecified atom stereocenters. The minimum absolute atomic E-state index is 0.0439. The van der Waals surface area contributed by atoms with Gasteiger partial charge in [0.15, 0.2) is 0 Å². The molecule has 0 saturated carbocycles. The van der Waals surface area contributed by atoms with Crippen LogP contribution in [-0.2, 0) is 13.9 Å². The Kier molecular flexibility index (Phi) is 4.86. The molecule has 0 amide bonds. The summed E-state index contributed by atoms with van der Waals surface area (Å²) in [6.07, 6.45) is 0. The van der Waals surface area contributed by atoms with Gasteiger partial charge in [-0.3, -0.25) is 0 Å². The predicted octanol–water partition coefficient (Wildman–Crippen LogP) is 2.64. The van der Waals surface area contributed by atoms with Gasteiger partial charge >= 0.3 is 149 Å². The van der Waals surface area contributed by atoms with Crippen molar-refractivity contribution >= 4 is 31.5 Å². The maximum atomic E-state index is 13.8. The SMILES string of the molecule is Cc1ccc(S(=O)(=O)N=[Se](=O)(c2ccccc2)c2ccccc2)cc1. The van der Waals surface area contributed by atoms with E-state index in [1.54, 1.807) is 72.8 Å². The van der Waals surface area contributed by atoms with Crippen LogP contribution < -0.4 is 8.92 Å². The van der Waals surface area contributed by atoms with Crippen molar-refractivity contribution in [3.63, 3.8) is 0 Å². The van der Waals surface area contributed by atoms with E-state index in [1.165, 1.54) is 12.1 Å². The summed E-state index contributed by atoms with van der Waals surface area (Å²) >= 11 is -4.27. The number of nitrogens with zero attached hydrogens (tertiary/aromatic N) is 1. The van der Waals surface area contributed by atoms with Crippen LogP contribution in [0.25, 0.3) is 0 Å². The van der Waals surface area contributed by atoms with E-state index in [0.717, 1.165) is 5.56 Å². The Labute approximate surface area is 149 Å². The van der Waals surface area contributed by atoms with Crippen LogP contribution in [0.2, 0.25) is 0 Å². The Bertz CT molecular complexity index is 1040. The Morgan fingerprint density at radius 3 is 1.60 bits per heavy atom. The van der Waals surface area contributed by atoms with Crippen LogP contribution in [0.5, 0.6) is 0 Å². The van der Waals surface area contributed by atoms with Crippen molar-refractivity contribution in [2.45, 2.75) is 11.8 Å². The van der Waals surface area contributed by atoms with Crippen molar-refractivity contribution in [1.82, 2.24) is 0 Å². The standard InChI is InChI=1S/C19H17NO3SSe/c1-16-12-14-17(15-13-16)24(21,22)20-25(23,18-8-4-2-5-9-18)19-10-6-3-7-11-19/h2-15H,1H3. The van der Waals surface area contributed by atoms with Gasteiger partial charge in [0.2, 0.25) is 0 Å². The first-order chi connectivity index (χ1) is 11.9. The molecule has 3 aromatic rings. The van der Waals surface area contributed by atoms with Gasteiger partial charge in [-0.2, -0.15) is 0 Å². The quantitative estimate of drug-likeness (QED) is 0.612. The van der Waals surface area contributed by atoms with Crippen LogP contribution >= 0.6 is 0 Å². The molecule has 0 aliphatic carbocycles. The molecule has 0 aliphatic heterocycles. The van der Waals surface area contributed by atoms with E-state index >= 15 is 0 Å². The van der Waals surface area contributed by atoms with E-state index in [9.17, 15) is 12.3 Å². The monoisotopic (exact) mass is 419 g/mol. The van der Waals surface area contributed by atoms with E-state index < -0.39 is 22.6 Å². The summed E-state index contributed by atoms with van der Waals surface area (Å²) in [6.45, 7) is 1.87. The number of aryl methyl sites for hydroxylation is 1. The summed E-state index contributed by atoms with van der Waals surface area (Å²) in [4.78, 5) is 0.0439. The molecule has 4 nitrogen and oxygen atoms in total. The van der Waals surface area contributed by atoms with Crippen LogP contribution in [0.3, 0.4) is 0 Å². The Morgan fingerprint density at radius 2 is 1.16 bits per heavy atom. The molecule has 6 heteroatoms. The molecule has 0 saturated heterocycles. The Morgan fingerprint density at radius 1 is 0.720 bits per heavy atom. The van der Waals surface area contributed by atoms with Crippen molar-refractivity contribution in [2.75, 3.05) is 0 Å². The van der Waals surface area contributed by atoms with Gasteiger partial charge in [-0.05, 0) is 0 Å². The van der Waals surface area contributed by atoms with Crippen molar-refractivity contribution in [3.8, 4) is 0 Å². The molecule has 3 aromatic carbocycles. The van der Waals surface area contributed by atoms with Gasteiger partial charge in [0.25, 0.3) is 0 Å². The summed E-state index contributed by atoms with van der Waals surface area (Å²) in [6, 6.07) is 23.5. The van der Waals surface area contributed by atoms with Gasteiger partial charge in [0.1, 0.15) is 0 Å². The molecular weight excluding hydrogens is 401 g/mol. The second kappa shape index (κ2) is 6.92. The summed E-state index contributed by atoms with van der Waals surface area (Å²) < 4.78 is 44.1. The van der Waals surface area contributed by atoms with Crippen LogP contribution in [0.1, 0.15) is 5.56 Å². The Hall–Kier alpha value is -2.27. The molecule has 3 rings (SSSR count). The van der Waals surface area contributed by atoms with Crippen molar-refractivity contribution in [3.05, 3.63) is 90.5 Å². The summed E-state index contributed by atoms with van der Waals surface area (Å²) in [5.74, 6) is 0. The third-order valence-corrected chi connectivity index (χ3v) is 11.3. The summed E-state index contributed by atoms with van der Waals surface area (Å²) in [5, 5.41) is 0. The molecule has 0 atom stereocenters. The van der Waals surface area contributed by atoms with E-state index in [1.807, 2.05) is 6.92 Å². The van der Waals surface area contributed by atoms with E-state index in [0.29, 0.717) is 8.92 Å². The first-order valence-corrected chi connectivity index (χ1v) is 12.2. The minimum atomic E-state index is -4.27. The fourth-order valence-electron chi connectivity index (χ4n) is 2.32. The second-order valence-corrected chi connectivity index (χ2v) is 12.2. The zero-order valence-corrected chi connectivity index (χ0v) is 16.1. The normalized spacial score (nSPS) is 11.9. The molecule has 0 aliphatic rings. The number of hydrogen-bond acceptors (Lipinski definition) is 3. The molecule has 0 radical (unpaired) electrons. The molecule has 128 valence electrons. The van der Waals surface area contributed by atoms with E-state index in [-0.39, 0.29) is 4.90 Å². The number of hydrogen-bond donors (Lipinski definition) is 0. The zero-order chi connectivity index (χ0) is 17.9. The third-order valence-electron chi connectivity index (χ3n) is 3.65. The van der Waals surface area contributed by atoms with Crippen molar-refractivity contribution in [1.29, 1.82) is 0 Å². The average molecular weight is 418 g/mol. The van der Waals surface area contributed by atoms with E-state index in [2.05, 4.69) is 3.37 Å². The second-order valence-electron chi connectivity index (χ2n) is 5.51. The summed E-state index contributed by atoms with van der Waals surface area (Å²) in [7, 11) is -4.05.